The first-order chi connectivity index (χ1) is 8.49. The van der Waals surface area contributed by atoms with Crippen molar-refractivity contribution in [1.82, 2.24) is 4.90 Å². The number of hydrogen-bond donors (Lipinski definition) is 0. The summed E-state index contributed by atoms with van der Waals surface area (Å²) in [6.07, 6.45) is 0.410. The number of halogens is 1. The number of likely N-dealkylation sites (tertiary alicyclic amines) is 1. The second-order valence-corrected chi connectivity index (χ2v) is 4.83. The van der Waals surface area contributed by atoms with Crippen molar-refractivity contribution >= 4 is 11.7 Å². The van der Waals surface area contributed by atoms with Gasteiger partial charge in [-0.15, -0.1) is 0 Å². The van der Waals surface area contributed by atoms with Crippen LogP contribution in [0.1, 0.15) is 29.3 Å². The lowest BCUT2D eigenvalue weighted by Gasteiger charge is -2.30. The van der Waals surface area contributed by atoms with E-state index in [-0.39, 0.29) is 23.4 Å². The Morgan fingerprint density at radius 3 is 2.78 bits per heavy atom. The van der Waals surface area contributed by atoms with E-state index in [2.05, 4.69) is 0 Å². The minimum Gasteiger partial charge on any atom is -0.337 e. The number of Topliss-reactive ketones (excluding diaryl/α,β-unsaturated/α-hetero) is 1. The largest absolute Gasteiger partial charge is 0.337 e. The van der Waals surface area contributed by atoms with Crippen LogP contribution in [0.5, 0.6) is 0 Å². The number of benzene rings is 1. The first-order valence-corrected chi connectivity index (χ1v) is 6.07. The molecular formula is C14H16FNO2. The third-order valence-electron chi connectivity index (χ3n) is 3.36. The molecular weight excluding hydrogens is 233 g/mol. The summed E-state index contributed by atoms with van der Waals surface area (Å²) in [5.41, 5.74) is 0.942. The maximum Gasteiger partial charge on any atom is 0.253 e. The topological polar surface area (TPSA) is 37.4 Å². The van der Waals surface area contributed by atoms with Crippen molar-refractivity contribution in [2.75, 3.05) is 13.1 Å². The van der Waals surface area contributed by atoms with Crippen LogP contribution >= 0.6 is 0 Å². The van der Waals surface area contributed by atoms with Crippen LogP contribution in [0.2, 0.25) is 0 Å². The third-order valence-corrected chi connectivity index (χ3v) is 3.36. The number of carbonyl (C=O) groups is 2. The zero-order valence-corrected chi connectivity index (χ0v) is 10.6. The normalized spacial score (nSPS) is 20.1. The summed E-state index contributed by atoms with van der Waals surface area (Å²) < 4.78 is 13.1. The second kappa shape index (κ2) is 4.88. The van der Waals surface area contributed by atoms with Gasteiger partial charge in [-0.2, -0.15) is 0 Å². The smallest absolute Gasteiger partial charge is 0.253 e. The number of rotatable bonds is 1. The van der Waals surface area contributed by atoms with Crippen molar-refractivity contribution in [2.45, 2.75) is 20.3 Å². The van der Waals surface area contributed by atoms with E-state index in [9.17, 15) is 14.0 Å². The molecule has 2 rings (SSSR count). The fourth-order valence-electron chi connectivity index (χ4n) is 2.16. The average molecular weight is 249 g/mol. The molecule has 0 N–H and O–H groups in total. The molecule has 0 radical (unpaired) electrons. The molecule has 0 saturated carbocycles. The summed E-state index contributed by atoms with van der Waals surface area (Å²) in [6.45, 7) is 4.37. The van der Waals surface area contributed by atoms with Gasteiger partial charge in [0.1, 0.15) is 11.6 Å². The lowest BCUT2D eigenvalue weighted by atomic mass is 9.98. The molecule has 4 heteroatoms. The molecule has 1 atom stereocenters. The highest BCUT2D eigenvalue weighted by atomic mass is 19.1. The molecule has 0 aromatic heterocycles. The van der Waals surface area contributed by atoms with E-state index in [1.54, 1.807) is 17.9 Å². The highest BCUT2D eigenvalue weighted by molar-refractivity contribution is 5.95. The lowest BCUT2D eigenvalue weighted by molar-refractivity contribution is -0.124. The van der Waals surface area contributed by atoms with Gasteiger partial charge in [0, 0.05) is 31.0 Å². The fraction of sp³-hybridized carbons (Fsp3) is 0.429. The maximum atomic E-state index is 13.1. The molecule has 1 saturated heterocycles. The molecule has 0 bridgehead atoms. The van der Waals surface area contributed by atoms with Crippen LogP contribution in [0, 0.1) is 18.7 Å². The minimum absolute atomic E-state index is 0.107. The Morgan fingerprint density at radius 1 is 1.44 bits per heavy atom. The quantitative estimate of drug-likeness (QED) is 0.765. The number of nitrogens with zero attached hydrogens (tertiary/aromatic N) is 1. The van der Waals surface area contributed by atoms with Gasteiger partial charge < -0.3 is 4.90 Å². The molecule has 1 unspecified atom stereocenters. The van der Waals surface area contributed by atoms with E-state index in [1.807, 2.05) is 6.92 Å². The molecule has 0 aliphatic carbocycles. The van der Waals surface area contributed by atoms with Crippen molar-refractivity contribution < 1.29 is 14.0 Å². The van der Waals surface area contributed by atoms with Crippen molar-refractivity contribution in [3.63, 3.8) is 0 Å². The summed E-state index contributed by atoms with van der Waals surface area (Å²) in [7, 11) is 0. The van der Waals surface area contributed by atoms with Crippen molar-refractivity contribution in [3.8, 4) is 0 Å². The number of aryl methyl sites for hydroxylation is 1. The van der Waals surface area contributed by atoms with Crippen LogP contribution in [-0.2, 0) is 4.79 Å². The molecule has 1 aromatic carbocycles. The number of carbonyl (C=O) groups excluding carboxylic acids is 2. The van der Waals surface area contributed by atoms with Crippen LogP contribution in [0.15, 0.2) is 18.2 Å². The zero-order valence-electron chi connectivity index (χ0n) is 10.6. The molecule has 1 aliphatic rings. The van der Waals surface area contributed by atoms with E-state index in [4.69, 9.17) is 0 Å². The summed E-state index contributed by atoms with van der Waals surface area (Å²) in [5, 5.41) is 0. The maximum absolute atomic E-state index is 13.1. The Labute approximate surface area is 106 Å². The number of hydrogen-bond acceptors (Lipinski definition) is 2. The van der Waals surface area contributed by atoms with Gasteiger partial charge in [0.2, 0.25) is 0 Å². The Morgan fingerprint density at radius 2 is 2.17 bits per heavy atom. The SMILES string of the molecule is Cc1cc(C(=O)N2CCC(=O)C(C)C2)ccc1F. The van der Waals surface area contributed by atoms with Gasteiger partial charge >= 0.3 is 0 Å². The van der Waals surface area contributed by atoms with Crippen LogP contribution in [-0.4, -0.2) is 29.7 Å². The Bertz CT molecular complexity index is 499. The van der Waals surface area contributed by atoms with Crippen LogP contribution < -0.4 is 0 Å². The minimum atomic E-state index is -0.311. The standard InChI is InChI=1S/C14H16FNO2/c1-9-7-11(3-4-12(9)15)14(18)16-6-5-13(17)10(2)8-16/h3-4,7,10H,5-6,8H2,1-2H3. The van der Waals surface area contributed by atoms with E-state index in [1.165, 1.54) is 12.1 Å². The third kappa shape index (κ3) is 2.42. The fourth-order valence-corrected chi connectivity index (χ4v) is 2.16. The molecule has 1 fully saturated rings. The summed E-state index contributed by atoms with van der Waals surface area (Å²) in [4.78, 5) is 25.3. The summed E-state index contributed by atoms with van der Waals surface area (Å²) in [6, 6.07) is 4.35. The lowest BCUT2D eigenvalue weighted by Crippen LogP contribution is -2.43. The number of amides is 1. The van der Waals surface area contributed by atoms with E-state index in [0.717, 1.165) is 0 Å². The van der Waals surface area contributed by atoms with Gasteiger partial charge in [-0.25, -0.2) is 4.39 Å². The summed E-state index contributed by atoms with van der Waals surface area (Å²) in [5.74, 6) is -0.343. The van der Waals surface area contributed by atoms with Gasteiger partial charge in [-0.05, 0) is 30.7 Å². The highest BCUT2D eigenvalue weighted by Gasteiger charge is 2.27. The van der Waals surface area contributed by atoms with Gasteiger partial charge in [0.05, 0.1) is 0 Å². The molecule has 1 amide bonds. The van der Waals surface area contributed by atoms with Crippen LogP contribution in [0.4, 0.5) is 4.39 Å². The number of ketones is 1. The first kappa shape index (κ1) is 12.7. The predicted molar refractivity (Wildman–Crippen MR) is 65.8 cm³/mol. The van der Waals surface area contributed by atoms with E-state index < -0.39 is 0 Å². The predicted octanol–water partition coefficient (Wildman–Crippen LogP) is 2.19. The van der Waals surface area contributed by atoms with Crippen molar-refractivity contribution in [2.24, 2.45) is 5.92 Å². The monoisotopic (exact) mass is 249 g/mol. The molecule has 18 heavy (non-hydrogen) atoms. The molecule has 1 aromatic rings. The second-order valence-electron chi connectivity index (χ2n) is 4.83. The van der Waals surface area contributed by atoms with Crippen LogP contribution in [0.3, 0.4) is 0 Å². The first-order valence-electron chi connectivity index (χ1n) is 6.07. The molecule has 1 heterocycles. The van der Waals surface area contributed by atoms with Gasteiger partial charge in [0.15, 0.2) is 0 Å². The van der Waals surface area contributed by atoms with E-state index >= 15 is 0 Å². The molecule has 3 nitrogen and oxygen atoms in total. The van der Waals surface area contributed by atoms with Gasteiger partial charge in [-0.1, -0.05) is 6.92 Å². The van der Waals surface area contributed by atoms with Crippen LogP contribution in [0.25, 0.3) is 0 Å². The Hall–Kier alpha value is -1.71. The van der Waals surface area contributed by atoms with Crippen molar-refractivity contribution in [1.29, 1.82) is 0 Å². The average Bonchev–Trinajstić information content (AvgIpc) is 2.35. The van der Waals surface area contributed by atoms with Gasteiger partial charge in [-0.3, -0.25) is 9.59 Å². The highest BCUT2D eigenvalue weighted by Crippen LogP contribution is 2.17. The molecule has 1 aliphatic heterocycles. The Kier molecular flexibility index (Phi) is 3.45. The van der Waals surface area contributed by atoms with Crippen molar-refractivity contribution in [3.05, 3.63) is 35.1 Å². The van der Waals surface area contributed by atoms with E-state index in [0.29, 0.717) is 30.6 Å². The zero-order chi connectivity index (χ0) is 13.3. The number of piperidine rings is 1. The Balaban J connectivity index is 2.16. The molecule has 96 valence electrons. The molecule has 0 spiro atoms. The summed E-state index contributed by atoms with van der Waals surface area (Å²) >= 11 is 0. The van der Waals surface area contributed by atoms with Gasteiger partial charge in [0.25, 0.3) is 5.91 Å².